The number of rotatable bonds is 19. The highest BCUT2D eigenvalue weighted by Crippen LogP contribution is 2.24. The van der Waals surface area contributed by atoms with Crippen molar-refractivity contribution in [3.05, 3.63) is 89.8 Å². The smallest absolute Gasteiger partial charge is 0.349 e. The Morgan fingerprint density at radius 3 is 1.84 bits per heavy atom. The molecule has 2 aromatic rings. The van der Waals surface area contributed by atoms with Gasteiger partial charge in [0.1, 0.15) is 23.1 Å². The minimum atomic E-state index is -0.600. The van der Waals surface area contributed by atoms with Gasteiger partial charge in [0.05, 0.1) is 18.8 Å². The normalized spacial score (nSPS) is 12.1. The minimum Gasteiger partial charge on any atom is -0.494 e. The van der Waals surface area contributed by atoms with Crippen molar-refractivity contribution in [2.75, 3.05) is 18.1 Å². The lowest BCUT2D eigenvalue weighted by molar-refractivity contribution is -0.138. The van der Waals surface area contributed by atoms with Gasteiger partial charge in [-0.15, -0.1) is 0 Å². The van der Waals surface area contributed by atoms with Gasteiger partial charge < -0.3 is 19.1 Å². The zero-order chi connectivity index (χ0) is 31.4. The number of unbranched alkanes of at least 4 members (excludes halogenated alkanes) is 10. The third kappa shape index (κ3) is 11.8. The summed E-state index contributed by atoms with van der Waals surface area (Å²) in [6.45, 7) is 5.39. The van der Waals surface area contributed by atoms with Gasteiger partial charge in [-0.05, 0) is 73.5 Å². The number of hydrogen-bond donors (Lipinski definition) is 0. The number of nitrogens with zero attached hydrogens (tertiary/aromatic N) is 2. The number of ether oxygens (including phenoxy) is 3. The topological polar surface area (TPSA) is 88.9 Å². The first-order valence-corrected chi connectivity index (χ1v) is 16.1. The van der Waals surface area contributed by atoms with Crippen molar-refractivity contribution in [2.24, 2.45) is 0 Å². The van der Waals surface area contributed by atoms with E-state index in [4.69, 9.17) is 14.2 Å². The molecule has 0 bridgehead atoms. The average Bonchev–Trinajstić information content (AvgIpc) is 3.05. The molecule has 0 atom stereocenters. The molecule has 0 aliphatic carbocycles. The van der Waals surface area contributed by atoms with Crippen molar-refractivity contribution in [3.8, 4) is 17.6 Å². The average molecular weight is 599 g/mol. The second-order valence-corrected chi connectivity index (χ2v) is 10.9. The summed E-state index contributed by atoms with van der Waals surface area (Å²) in [5.74, 6) is 0.156. The Labute approximate surface area is 262 Å². The van der Waals surface area contributed by atoms with Crippen LogP contribution in [0.4, 0.5) is 5.69 Å². The molecular weight excluding hydrogens is 552 g/mol. The largest absolute Gasteiger partial charge is 0.494 e. The third-order valence-corrected chi connectivity index (χ3v) is 7.37. The summed E-state index contributed by atoms with van der Waals surface area (Å²) in [6, 6.07) is 16.1. The lowest BCUT2D eigenvalue weighted by Gasteiger charge is -2.19. The Kier molecular flexibility index (Phi) is 15.4. The third-order valence-electron chi connectivity index (χ3n) is 7.37. The van der Waals surface area contributed by atoms with Crippen LogP contribution >= 0.6 is 0 Å². The monoisotopic (exact) mass is 598 g/mol. The molecule has 0 spiro atoms. The van der Waals surface area contributed by atoms with Crippen molar-refractivity contribution >= 4 is 17.6 Å². The first kappa shape index (κ1) is 34.2. The molecule has 0 unspecified atom stereocenters. The highest BCUT2D eigenvalue weighted by molar-refractivity contribution is 5.95. The summed E-state index contributed by atoms with van der Waals surface area (Å²) in [4.78, 5) is 27.0. The van der Waals surface area contributed by atoms with E-state index >= 15 is 0 Å². The van der Waals surface area contributed by atoms with Crippen LogP contribution in [0.5, 0.6) is 11.5 Å². The van der Waals surface area contributed by atoms with Crippen LogP contribution in [-0.2, 0) is 9.53 Å². The van der Waals surface area contributed by atoms with Crippen LogP contribution < -0.4 is 14.4 Å². The molecule has 1 heterocycles. The molecule has 0 N–H and O–H groups in total. The second kappa shape index (κ2) is 19.8. The van der Waals surface area contributed by atoms with E-state index in [0.29, 0.717) is 30.1 Å². The Morgan fingerprint density at radius 1 is 0.705 bits per heavy atom. The van der Waals surface area contributed by atoms with E-state index in [2.05, 4.69) is 13.8 Å². The molecule has 0 radical (unpaired) electrons. The van der Waals surface area contributed by atoms with E-state index in [9.17, 15) is 14.9 Å². The second-order valence-electron chi connectivity index (χ2n) is 10.9. The Hall–Kier alpha value is -4.31. The van der Waals surface area contributed by atoms with Crippen molar-refractivity contribution < 1.29 is 23.8 Å². The maximum atomic E-state index is 12.7. The van der Waals surface area contributed by atoms with Gasteiger partial charge in [-0.3, -0.25) is 0 Å². The summed E-state index contributed by atoms with van der Waals surface area (Å²) in [6.07, 6.45) is 20.8. The van der Waals surface area contributed by atoms with E-state index in [1.54, 1.807) is 61.0 Å². The molecule has 1 aliphatic heterocycles. The summed E-state index contributed by atoms with van der Waals surface area (Å²) >= 11 is 0. The molecule has 0 saturated carbocycles. The van der Waals surface area contributed by atoms with Crippen molar-refractivity contribution in [1.82, 2.24) is 0 Å². The van der Waals surface area contributed by atoms with Gasteiger partial charge in [0, 0.05) is 23.7 Å². The van der Waals surface area contributed by atoms with Gasteiger partial charge in [-0.2, -0.15) is 5.26 Å². The fraction of sp³-hybridized carbons (Fsp3) is 0.432. The van der Waals surface area contributed by atoms with E-state index < -0.39 is 11.9 Å². The molecule has 44 heavy (non-hydrogen) atoms. The lowest BCUT2D eigenvalue weighted by Crippen LogP contribution is -2.14. The molecule has 0 aromatic heterocycles. The Bertz CT molecular complexity index is 1290. The first-order valence-electron chi connectivity index (χ1n) is 16.1. The molecule has 2 aromatic carbocycles. The van der Waals surface area contributed by atoms with Gasteiger partial charge in [0.15, 0.2) is 0 Å². The van der Waals surface area contributed by atoms with Crippen LogP contribution in [0.15, 0.2) is 84.2 Å². The predicted octanol–water partition coefficient (Wildman–Crippen LogP) is 9.22. The van der Waals surface area contributed by atoms with Crippen LogP contribution in [0.1, 0.15) is 101 Å². The standard InChI is InChI=1S/C37H46N2O5/c1-3-5-7-9-11-13-27-42-33-19-21-34(22-20-33)44-36(40)31-15-17-32(18-16-31)39-25-23-30(24-26-39)35(29-38)37(41)43-28-14-12-10-8-6-4-2/h15-26H,3-14,27-28H2,1-2H3. The highest BCUT2D eigenvalue weighted by Gasteiger charge is 2.17. The molecule has 0 saturated heterocycles. The molecule has 0 amide bonds. The molecule has 234 valence electrons. The van der Waals surface area contributed by atoms with Gasteiger partial charge in [0.25, 0.3) is 0 Å². The minimum absolute atomic E-state index is 0.0152. The number of benzene rings is 2. The lowest BCUT2D eigenvalue weighted by atomic mass is 10.1. The van der Waals surface area contributed by atoms with Crippen molar-refractivity contribution in [3.63, 3.8) is 0 Å². The SMILES string of the molecule is CCCCCCCCOC(=O)C(C#N)=C1C=CN(c2ccc(C(=O)Oc3ccc(OCCCCCCCC)cc3)cc2)C=C1. The van der Waals surface area contributed by atoms with Gasteiger partial charge in [-0.1, -0.05) is 78.1 Å². The molecule has 7 heteroatoms. The summed E-state index contributed by atoms with van der Waals surface area (Å²) in [7, 11) is 0. The number of anilines is 1. The number of hydrogen-bond acceptors (Lipinski definition) is 7. The van der Waals surface area contributed by atoms with Crippen molar-refractivity contribution in [2.45, 2.75) is 90.9 Å². The molecule has 1 aliphatic rings. The zero-order valence-electron chi connectivity index (χ0n) is 26.3. The first-order chi connectivity index (χ1) is 21.5. The fourth-order valence-corrected chi connectivity index (χ4v) is 4.72. The maximum Gasteiger partial charge on any atom is 0.349 e. The predicted molar refractivity (Wildman–Crippen MR) is 174 cm³/mol. The van der Waals surface area contributed by atoms with Crippen molar-refractivity contribution in [1.29, 1.82) is 5.26 Å². The van der Waals surface area contributed by atoms with Crippen LogP contribution in [-0.4, -0.2) is 25.2 Å². The quantitative estimate of drug-likeness (QED) is 0.0523. The molecule has 3 rings (SSSR count). The van der Waals surface area contributed by atoms with E-state index in [-0.39, 0.29) is 5.57 Å². The van der Waals surface area contributed by atoms with Gasteiger partial charge >= 0.3 is 11.9 Å². The Balaban J connectivity index is 1.45. The number of carbonyl (C=O) groups excluding carboxylic acids is 2. The van der Waals surface area contributed by atoms with Crippen LogP contribution in [0, 0.1) is 11.3 Å². The molecule has 0 fully saturated rings. The van der Waals surface area contributed by atoms with E-state index in [1.807, 2.05) is 23.1 Å². The van der Waals surface area contributed by atoms with Gasteiger partial charge in [-0.25, -0.2) is 9.59 Å². The van der Waals surface area contributed by atoms with E-state index in [1.165, 1.54) is 51.4 Å². The summed E-state index contributed by atoms with van der Waals surface area (Å²) in [5.41, 5.74) is 1.71. The Morgan fingerprint density at radius 2 is 1.25 bits per heavy atom. The highest BCUT2D eigenvalue weighted by atomic mass is 16.5. The summed E-state index contributed by atoms with van der Waals surface area (Å²) < 4.78 is 16.7. The number of allylic oxidation sites excluding steroid dienone is 3. The number of esters is 2. The summed E-state index contributed by atoms with van der Waals surface area (Å²) in [5, 5.41) is 9.57. The van der Waals surface area contributed by atoms with Crippen LogP contribution in [0.3, 0.4) is 0 Å². The molecule has 7 nitrogen and oxygen atoms in total. The molecular formula is C37H46N2O5. The number of carbonyl (C=O) groups is 2. The van der Waals surface area contributed by atoms with Gasteiger partial charge in [0.2, 0.25) is 0 Å². The zero-order valence-corrected chi connectivity index (χ0v) is 26.3. The number of nitriles is 1. The maximum absolute atomic E-state index is 12.7. The van der Waals surface area contributed by atoms with Crippen LogP contribution in [0.25, 0.3) is 0 Å². The fourth-order valence-electron chi connectivity index (χ4n) is 4.72. The van der Waals surface area contributed by atoms with E-state index in [0.717, 1.165) is 37.1 Å². The van der Waals surface area contributed by atoms with Crippen LogP contribution in [0.2, 0.25) is 0 Å².